The minimum atomic E-state index is -6.12. The van der Waals surface area contributed by atoms with Crippen LogP contribution < -0.4 is 0 Å². The Morgan fingerprint density at radius 1 is 1.32 bits per heavy atom. The van der Waals surface area contributed by atoms with E-state index in [-0.39, 0.29) is 11.7 Å². The zero-order chi connectivity index (χ0) is 17.3. The lowest BCUT2D eigenvalue weighted by atomic mass is 10.0. The number of ether oxygens (including phenoxy) is 1. The van der Waals surface area contributed by atoms with Crippen LogP contribution in [0, 0.1) is 0 Å². The summed E-state index contributed by atoms with van der Waals surface area (Å²) >= 11 is 0. The Morgan fingerprint density at radius 3 is 2.27 bits per heavy atom. The predicted octanol–water partition coefficient (Wildman–Crippen LogP) is -0.527. The first kappa shape index (κ1) is 18.2. The smallest absolute Gasteiger partial charge is 0.464 e. The monoisotopic (exact) mass is 349 g/mol. The molecule has 1 aliphatic rings. The van der Waals surface area contributed by atoms with Crippen molar-refractivity contribution in [2.24, 2.45) is 0 Å². The highest BCUT2D eigenvalue weighted by molar-refractivity contribution is 7.87. The molecule has 2 atom stereocenters. The van der Waals surface area contributed by atoms with Crippen molar-refractivity contribution in [3.63, 3.8) is 0 Å². The largest absolute Gasteiger partial charge is 0.523 e. The molecule has 0 aromatic rings. The van der Waals surface area contributed by atoms with Gasteiger partial charge in [0.15, 0.2) is 6.10 Å². The summed E-state index contributed by atoms with van der Waals surface area (Å²) in [6.07, 6.45) is -2.33. The van der Waals surface area contributed by atoms with Gasteiger partial charge >= 0.3 is 27.6 Å². The van der Waals surface area contributed by atoms with Crippen LogP contribution in [0.3, 0.4) is 0 Å². The van der Waals surface area contributed by atoms with Gasteiger partial charge < -0.3 is 9.57 Å². The summed E-state index contributed by atoms with van der Waals surface area (Å²) in [7, 11) is -6.12. The molecule has 1 saturated heterocycles. The minimum absolute atomic E-state index is 0.0941. The average molecular weight is 349 g/mol. The van der Waals surface area contributed by atoms with Gasteiger partial charge in [0.2, 0.25) is 6.04 Å². The number of carbonyl (C=O) groups is 3. The van der Waals surface area contributed by atoms with E-state index in [2.05, 4.69) is 13.8 Å². The molecule has 0 bridgehead atoms. The topological polar surface area (TPSA) is 116 Å². The highest BCUT2D eigenvalue weighted by atomic mass is 32.2. The van der Waals surface area contributed by atoms with Gasteiger partial charge in [-0.3, -0.25) is 9.59 Å². The summed E-state index contributed by atoms with van der Waals surface area (Å²) in [5.74, 6) is -3.79. The fourth-order valence-electron chi connectivity index (χ4n) is 1.41. The molecule has 0 aromatic heterocycles. The highest BCUT2D eigenvalue weighted by Gasteiger charge is 2.61. The number of halogens is 3. The van der Waals surface area contributed by atoms with Gasteiger partial charge in [-0.15, -0.1) is 0 Å². The third-order valence-electron chi connectivity index (χ3n) is 2.27. The second kappa shape index (κ2) is 6.08. The molecule has 9 nitrogen and oxygen atoms in total. The first-order valence-corrected chi connectivity index (χ1v) is 7.01. The number of hydroxylamine groups is 2. The van der Waals surface area contributed by atoms with Gasteiger partial charge in [0.1, 0.15) is 0 Å². The van der Waals surface area contributed by atoms with Crippen LogP contribution in [0.4, 0.5) is 13.2 Å². The Morgan fingerprint density at radius 2 is 1.86 bits per heavy atom. The molecular formula is C9H10F3NO8S. The van der Waals surface area contributed by atoms with Crippen LogP contribution in [0.15, 0.2) is 0 Å². The molecule has 13 heteroatoms. The van der Waals surface area contributed by atoms with Crippen molar-refractivity contribution in [1.29, 1.82) is 0 Å². The number of β-lactam (4-membered cyclic amide) rings is 1. The third kappa shape index (κ3) is 3.47. The number of carbonyl (C=O) groups excluding carboxylic acids is 3. The summed E-state index contributed by atoms with van der Waals surface area (Å²) in [5.41, 5.74) is -5.78. The van der Waals surface area contributed by atoms with Crippen molar-refractivity contribution >= 4 is 28.0 Å². The second-order valence-corrected chi connectivity index (χ2v) is 5.42. The fraction of sp³-hybridized carbons (Fsp3) is 0.667. The van der Waals surface area contributed by atoms with Crippen molar-refractivity contribution in [1.82, 2.24) is 5.06 Å². The van der Waals surface area contributed by atoms with E-state index in [9.17, 15) is 36.0 Å². The Hall–Kier alpha value is -1.89. The van der Waals surface area contributed by atoms with Crippen molar-refractivity contribution in [2.75, 3.05) is 6.61 Å². The standard InChI is InChI=1S/C9H10F3NO8S/c1-3-19-8(16)5-6(7(15)13(5)20-4(2)14)21-22(17,18)9(10,11)12/h5-6H,3H2,1-2H3/t5-,6+/m0/s1. The first-order valence-electron chi connectivity index (χ1n) is 5.60. The predicted molar refractivity (Wildman–Crippen MR) is 58.9 cm³/mol. The lowest BCUT2D eigenvalue weighted by molar-refractivity contribution is -0.246. The molecule has 0 aromatic carbocycles. The molecule has 0 N–H and O–H groups in total. The van der Waals surface area contributed by atoms with Crippen molar-refractivity contribution in [3.8, 4) is 0 Å². The van der Waals surface area contributed by atoms with Gasteiger partial charge in [-0.25, -0.2) is 8.98 Å². The van der Waals surface area contributed by atoms with E-state index in [4.69, 9.17) is 0 Å². The van der Waals surface area contributed by atoms with Gasteiger partial charge in [0, 0.05) is 6.92 Å². The minimum Gasteiger partial charge on any atom is -0.464 e. The average Bonchev–Trinajstić information content (AvgIpc) is 2.35. The summed E-state index contributed by atoms with van der Waals surface area (Å²) in [6.45, 7) is 2.00. The van der Waals surface area contributed by atoms with Crippen LogP contribution in [0.25, 0.3) is 0 Å². The zero-order valence-electron chi connectivity index (χ0n) is 11.1. The maximum absolute atomic E-state index is 12.2. The molecule has 1 rings (SSSR count). The first-order chi connectivity index (χ1) is 9.92. The van der Waals surface area contributed by atoms with Gasteiger partial charge in [0.25, 0.3) is 5.91 Å². The number of hydrogen-bond donors (Lipinski definition) is 0. The Labute approximate surface area is 122 Å². The van der Waals surface area contributed by atoms with Gasteiger partial charge in [-0.2, -0.15) is 26.7 Å². The van der Waals surface area contributed by atoms with Crippen LogP contribution >= 0.6 is 0 Å². The maximum atomic E-state index is 12.2. The van der Waals surface area contributed by atoms with Gasteiger partial charge in [-0.1, -0.05) is 0 Å². The van der Waals surface area contributed by atoms with Crippen molar-refractivity contribution < 1.29 is 49.7 Å². The van der Waals surface area contributed by atoms with E-state index < -0.39 is 45.6 Å². The SMILES string of the molecule is CCOC(=O)[C@@H]1[C@@H](OS(=O)(=O)C(F)(F)F)C(=O)N1OC(C)=O. The van der Waals surface area contributed by atoms with Crippen LogP contribution in [0.2, 0.25) is 0 Å². The van der Waals surface area contributed by atoms with E-state index in [0.29, 0.717) is 0 Å². The van der Waals surface area contributed by atoms with E-state index in [1.54, 1.807) is 0 Å². The number of hydrogen-bond acceptors (Lipinski definition) is 8. The van der Waals surface area contributed by atoms with Crippen LogP contribution in [-0.4, -0.2) is 55.6 Å². The van der Waals surface area contributed by atoms with E-state index >= 15 is 0 Å². The van der Waals surface area contributed by atoms with E-state index in [1.807, 2.05) is 0 Å². The molecule has 1 fully saturated rings. The Kier molecular flexibility index (Phi) is 5.02. The summed E-state index contributed by atoms with van der Waals surface area (Å²) in [4.78, 5) is 38.1. The number of alkyl halides is 3. The molecule has 1 heterocycles. The van der Waals surface area contributed by atoms with Gasteiger partial charge in [-0.05, 0) is 6.92 Å². The molecule has 0 aliphatic carbocycles. The Bertz CT molecular complexity index is 586. The molecule has 0 saturated carbocycles. The molecule has 22 heavy (non-hydrogen) atoms. The van der Waals surface area contributed by atoms with Gasteiger partial charge in [0.05, 0.1) is 6.61 Å². The lowest BCUT2D eigenvalue weighted by Crippen LogP contribution is -2.69. The van der Waals surface area contributed by atoms with E-state index in [0.717, 1.165) is 6.92 Å². The van der Waals surface area contributed by atoms with Crippen LogP contribution in [0.1, 0.15) is 13.8 Å². The molecule has 126 valence electrons. The third-order valence-corrected chi connectivity index (χ3v) is 3.30. The number of rotatable bonds is 5. The molecule has 1 aliphatic heterocycles. The molecule has 0 unspecified atom stereocenters. The van der Waals surface area contributed by atoms with Crippen molar-refractivity contribution in [2.45, 2.75) is 31.5 Å². The summed E-state index contributed by atoms with van der Waals surface area (Å²) in [5, 5.41) is 0.0941. The number of nitrogens with zero attached hydrogens (tertiary/aromatic N) is 1. The summed E-state index contributed by atoms with van der Waals surface area (Å²) < 4.78 is 66.6. The molecular weight excluding hydrogens is 339 g/mol. The molecule has 1 amide bonds. The maximum Gasteiger partial charge on any atom is 0.523 e. The molecule has 0 radical (unpaired) electrons. The quantitative estimate of drug-likeness (QED) is 0.282. The number of amides is 1. The molecule has 0 spiro atoms. The normalized spacial score (nSPS) is 22.0. The highest BCUT2D eigenvalue weighted by Crippen LogP contribution is 2.32. The van der Waals surface area contributed by atoms with Crippen LogP contribution in [0.5, 0.6) is 0 Å². The lowest BCUT2D eigenvalue weighted by Gasteiger charge is -2.41. The van der Waals surface area contributed by atoms with Crippen LogP contribution in [-0.2, 0) is 38.3 Å². The fourth-order valence-corrected chi connectivity index (χ4v) is 1.98. The summed E-state index contributed by atoms with van der Waals surface area (Å²) in [6, 6.07) is -1.95. The Balaban J connectivity index is 3.00. The van der Waals surface area contributed by atoms with E-state index in [1.165, 1.54) is 6.92 Å². The van der Waals surface area contributed by atoms with Crippen molar-refractivity contribution in [3.05, 3.63) is 0 Å². The zero-order valence-corrected chi connectivity index (χ0v) is 11.9. The second-order valence-electron chi connectivity index (χ2n) is 3.86. The number of esters is 1.